The van der Waals surface area contributed by atoms with Crippen molar-refractivity contribution in [3.8, 4) is 0 Å². The van der Waals surface area contributed by atoms with Gasteiger partial charge in [-0.05, 0) is 43.8 Å². The topological polar surface area (TPSA) is 49.7 Å². The molecule has 0 atom stereocenters. The molecule has 1 N–H and O–H groups in total. The molecule has 2 aromatic heterocycles. The lowest BCUT2D eigenvalue weighted by Gasteiger charge is -2.08. The van der Waals surface area contributed by atoms with E-state index in [2.05, 4.69) is 58.5 Å². The molecule has 0 fully saturated rings. The van der Waals surface area contributed by atoms with Crippen LogP contribution in [0.1, 0.15) is 12.6 Å². The number of likely N-dealkylation sites (N-methyl/N-ethyl adjacent to an activating group) is 1. The van der Waals surface area contributed by atoms with Crippen molar-refractivity contribution in [1.82, 2.24) is 24.6 Å². The van der Waals surface area contributed by atoms with Crippen LogP contribution < -0.4 is 0 Å². The molecule has 0 saturated heterocycles. The van der Waals surface area contributed by atoms with Gasteiger partial charge in [-0.25, -0.2) is 9.67 Å². The third-order valence-corrected chi connectivity index (χ3v) is 3.47. The van der Waals surface area contributed by atoms with Crippen molar-refractivity contribution in [2.24, 2.45) is 0 Å². The van der Waals surface area contributed by atoms with Gasteiger partial charge in [0.1, 0.15) is 12.7 Å². The molecule has 0 saturated carbocycles. The number of hydrogen-bond acceptors (Lipinski definition) is 3. The Morgan fingerprint density at radius 1 is 1.35 bits per heavy atom. The van der Waals surface area contributed by atoms with Gasteiger partial charge in [0, 0.05) is 25.1 Å². The molecule has 0 aliphatic rings. The van der Waals surface area contributed by atoms with Crippen LogP contribution in [0, 0.1) is 0 Å². The lowest BCUT2D eigenvalue weighted by molar-refractivity contribution is 0.414. The Labute approximate surface area is 119 Å². The van der Waals surface area contributed by atoms with Gasteiger partial charge in [0.05, 0.1) is 6.54 Å². The van der Waals surface area contributed by atoms with Gasteiger partial charge in [-0.15, -0.1) is 0 Å². The summed E-state index contributed by atoms with van der Waals surface area (Å²) in [5.41, 5.74) is 3.81. The van der Waals surface area contributed by atoms with Gasteiger partial charge in [-0.1, -0.05) is 6.07 Å². The van der Waals surface area contributed by atoms with Crippen LogP contribution in [-0.4, -0.2) is 45.3 Å². The molecule has 5 heteroatoms. The first kappa shape index (κ1) is 12.9. The Morgan fingerprint density at radius 3 is 3.00 bits per heavy atom. The minimum atomic E-state index is 0. The fourth-order valence-electron chi connectivity index (χ4n) is 2.38. The molecule has 1 aromatic carbocycles. The Kier molecular flexibility index (Phi) is 3.52. The highest BCUT2D eigenvalue weighted by molar-refractivity contribution is 5.83. The van der Waals surface area contributed by atoms with Gasteiger partial charge < -0.3 is 9.88 Å². The van der Waals surface area contributed by atoms with Crippen molar-refractivity contribution in [2.45, 2.75) is 13.0 Å². The van der Waals surface area contributed by atoms with E-state index in [-0.39, 0.29) is 1.43 Å². The van der Waals surface area contributed by atoms with Gasteiger partial charge >= 0.3 is 0 Å². The second-order valence-corrected chi connectivity index (χ2v) is 5.34. The van der Waals surface area contributed by atoms with E-state index in [1.54, 1.807) is 12.7 Å². The summed E-state index contributed by atoms with van der Waals surface area (Å²) < 4.78 is 1.84. The SMILES string of the molecule is CN(C)CCc1c[nH]c2ccc(Cn3cncn3)cc12.[HH]. The van der Waals surface area contributed by atoms with E-state index in [0.29, 0.717) is 0 Å². The van der Waals surface area contributed by atoms with Crippen molar-refractivity contribution in [1.29, 1.82) is 0 Å². The van der Waals surface area contributed by atoms with Crippen LogP contribution in [0.5, 0.6) is 0 Å². The molecule has 0 unspecified atom stereocenters. The predicted octanol–water partition coefficient (Wildman–Crippen LogP) is 2.16. The second kappa shape index (κ2) is 5.46. The summed E-state index contributed by atoms with van der Waals surface area (Å²) in [6.07, 6.45) is 6.48. The Morgan fingerprint density at radius 2 is 2.25 bits per heavy atom. The number of aromatic amines is 1. The smallest absolute Gasteiger partial charge is 0.137 e. The van der Waals surface area contributed by atoms with Crippen molar-refractivity contribution in [2.75, 3.05) is 20.6 Å². The minimum Gasteiger partial charge on any atom is -0.361 e. The third-order valence-electron chi connectivity index (χ3n) is 3.47. The van der Waals surface area contributed by atoms with Crippen LogP contribution in [-0.2, 0) is 13.0 Å². The maximum Gasteiger partial charge on any atom is 0.137 e. The number of aromatic nitrogens is 4. The highest BCUT2D eigenvalue weighted by Crippen LogP contribution is 2.21. The van der Waals surface area contributed by atoms with E-state index in [9.17, 15) is 0 Å². The number of fused-ring (bicyclic) bond motifs is 1. The first-order valence-corrected chi connectivity index (χ1v) is 6.78. The van der Waals surface area contributed by atoms with Crippen LogP contribution in [0.4, 0.5) is 0 Å². The molecule has 3 rings (SSSR count). The Hall–Kier alpha value is -2.14. The molecule has 106 valence electrons. The molecule has 0 amide bonds. The minimum absolute atomic E-state index is 0. The third kappa shape index (κ3) is 2.72. The lowest BCUT2D eigenvalue weighted by atomic mass is 10.1. The van der Waals surface area contributed by atoms with Gasteiger partial charge in [0.25, 0.3) is 0 Å². The van der Waals surface area contributed by atoms with Crippen LogP contribution in [0.3, 0.4) is 0 Å². The monoisotopic (exact) mass is 271 g/mol. The number of rotatable bonds is 5. The molecule has 0 aliphatic carbocycles. The normalized spacial score (nSPS) is 11.6. The van der Waals surface area contributed by atoms with Gasteiger partial charge in [0.2, 0.25) is 0 Å². The summed E-state index contributed by atoms with van der Waals surface area (Å²) in [4.78, 5) is 9.53. The van der Waals surface area contributed by atoms with Crippen LogP contribution in [0.2, 0.25) is 0 Å². The number of hydrogen-bond donors (Lipinski definition) is 1. The molecule has 0 radical (unpaired) electrons. The highest BCUT2D eigenvalue weighted by atomic mass is 15.3. The Balaban J connectivity index is 0.00000161. The first-order valence-electron chi connectivity index (χ1n) is 6.78. The van der Waals surface area contributed by atoms with Gasteiger partial charge in [-0.3, -0.25) is 0 Å². The molecule has 0 spiro atoms. The zero-order valence-electron chi connectivity index (χ0n) is 11.9. The van der Waals surface area contributed by atoms with Gasteiger partial charge in [0.15, 0.2) is 0 Å². The molecular formula is C15H21N5. The number of benzene rings is 1. The van der Waals surface area contributed by atoms with E-state index in [4.69, 9.17) is 0 Å². The molecule has 3 aromatic rings. The lowest BCUT2D eigenvalue weighted by Crippen LogP contribution is -2.14. The fraction of sp³-hybridized carbons (Fsp3) is 0.333. The average Bonchev–Trinajstić information content (AvgIpc) is 3.05. The summed E-state index contributed by atoms with van der Waals surface area (Å²) >= 11 is 0. The Bertz CT molecular complexity index is 687. The predicted molar refractivity (Wildman–Crippen MR) is 81.8 cm³/mol. The van der Waals surface area contributed by atoms with Crippen molar-refractivity contribution in [3.63, 3.8) is 0 Å². The molecule has 20 heavy (non-hydrogen) atoms. The summed E-state index contributed by atoms with van der Waals surface area (Å²) in [6.45, 7) is 1.81. The zero-order valence-corrected chi connectivity index (χ0v) is 11.9. The highest BCUT2D eigenvalue weighted by Gasteiger charge is 2.06. The quantitative estimate of drug-likeness (QED) is 0.773. The zero-order chi connectivity index (χ0) is 13.9. The molecule has 0 bridgehead atoms. The fourth-order valence-corrected chi connectivity index (χ4v) is 2.38. The maximum atomic E-state index is 4.15. The van der Waals surface area contributed by atoms with Gasteiger partial charge in [-0.2, -0.15) is 5.10 Å². The summed E-state index contributed by atoms with van der Waals surface area (Å²) in [5, 5.41) is 5.46. The molecule has 2 heterocycles. The van der Waals surface area contributed by atoms with Crippen LogP contribution in [0.25, 0.3) is 10.9 Å². The molecular weight excluding hydrogens is 250 g/mol. The number of nitrogens with one attached hydrogen (secondary N) is 1. The largest absolute Gasteiger partial charge is 0.361 e. The molecule has 0 aliphatic heterocycles. The standard InChI is InChI=1S/C15H19N5.H2/c1-19(2)6-5-13-8-17-15-4-3-12(7-14(13)15)9-20-11-16-10-18-20;/h3-4,7-8,10-11,17H,5-6,9H2,1-2H3;1H. The van der Waals surface area contributed by atoms with Crippen molar-refractivity contribution < 1.29 is 1.43 Å². The van der Waals surface area contributed by atoms with Crippen LogP contribution in [0.15, 0.2) is 37.1 Å². The van der Waals surface area contributed by atoms with E-state index in [0.717, 1.165) is 19.5 Å². The summed E-state index contributed by atoms with van der Waals surface area (Å²) in [5.74, 6) is 0. The van der Waals surface area contributed by atoms with E-state index in [1.165, 1.54) is 22.0 Å². The van der Waals surface area contributed by atoms with E-state index >= 15 is 0 Å². The second-order valence-electron chi connectivity index (χ2n) is 5.34. The average molecular weight is 271 g/mol. The maximum absolute atomic E-state index is 4.15. The van der Waals surface area contributed by atoms with Crippen LogP contribution >= 0.6 is 0 Å². The van der Waals surface area contributed by atoms with Crippen molar-refractivity contribution >= 4 is 10.9 Å². The first-order chi connectivity index (χ1) is 9.72. The number of H-pyrrole nitrogens is 1. The van der Waals surface area contributed by atoms with E-state index < -0.39 is 0 Å². The summed E-state index contributed by atoms with van der Waals surface area (Å²) in [7, 11) is 4.20. The molecule has 5 nitrogen and oxygen atoms in total. The number of nitrogens with zero attached hydrogens (tertiary/aromatic N) is 4. The summed E-state index contributed by atoms with van der Waals surface area (Å²) in [6, 6.07) is 6.52. The van der Waals surface area contributed by atoms with E-state index in [1.807, 2.05) is 4.68 Å². The van der Waals surface area contributed by atoms with Crippen molar-refractivity contribution in [3.05, 3.63) is 48.2 Å².